The number of aromatic nitrogens is 2. The van der Waals surface area contributed by atoms with Gasteiger partial charge in [-0.05, 0) is 12.1 Å². The number of nitrogens with zero attached hydrogens (tertiary/aromatic N) is 2. The van der Waals surface area contributed by atoms with Crippen molar-refractivity contribution in [3.8, 4) is 0 Å². The van der Waals surface area contributed by atoms with Crippen molar-refractivity contribution in [1.29, 1.82) is 0 Å². The third-order valence-electron chi connectivity index (χ3n) is 2.80. The van der Waals surface area contributed by atoms with Crippen LogP contribution in [0.1, 0.15) is 0 Å². The molecule has 1 heterocycles. The Morgan fingerprint density at radius 3 is 2.83 bits per heavy atom. The summed E-state index contributed by atoms with van der Waals surface area (Å²) in [6.07, 6.45) is 2.92. The van der Waals surface area contributed by atoms with Crippen LogP contribution in [0.2, 0.25) is 0 Å². The molecule has 6 nitrogen and oxygen atoms in total. The number of hydrogen-bond acceptors (Lipinski definition) is 5. The van der Waals surface area contributed by atoms with E-state index in [1.54, 1.807) is 6.20 Å². The molecule has 2 aromatic rings. The van der Waals surface area contributed by atoms with E-state index < -0.39 is 9.84 Å². The van der Waals surface area contributed by atoms with Gasteiger partial charge in [0.25, 0.3) is 0 Å². The van der Waals surface area contributed by atoms with E-state index in [1.165, 1.54) is 6.26 Å². The topological polar surface area (TPSA) is 92.1 Å². The second-order valence-corrected chi connectivity index (χ2v) is 6.68. The molecular formula is C11H16N4O2S. The van der Waals surface area contributed by atoms with Crippen molar-refractivity contribution in [2.45, 2.75) is 0 Å². The lowest BCUT2D eigenvalue weighted by atomic mass is 10.2. The van der Waals surface area contributed by atoms with Crippen molar-refractivity contribution >= 4 is 32.1 Å². The van der Waals surface area contributed by atoms with Gasteiger partial charge in [-0.25, -0.2) is 8.42 Å². The van der Waals surface area contributed by atoms with Crippen LogP contribution < -0.4 is 10.6 Å². The van der Waals surface area contributed by atoms with Crippen LogP contribution in [0.15, 0.2) is 18.3 Å². The van der Waals surface area contributed by atoms with Gasteiger partial charge in [0, 0.05) is 25.2 Å². The molecule has 0 unspecified atom stereocenters. The molecule has 0 fully saturated rings. The van der Waals surface area contributed by atoms with E-state index in [0.717, 1.165) is 16.6 Å². The fourth-order valence-electron chi connectivity index (χ4n) is 1.75. The molecule has 0 amide bonds. The summed E-state index contributed by atoms with van der Waals surface area (Å²) in [6.45, 7) is 0.405. The van der Waals surface area contributed by atoms with Gasteiger partial charge < -0.3 is 10.6 Å². The molecule has 0 aliphatic heterocycles. The lowest BCUT2D eigenvalue weighted by molar-refractivity contribution is 0.601. The first-order valence-corrected chi connectivity index (χ1v) is 7.54. The van der Waals surface area contributed by atoms with Gasteiger partial charge in [-0.2, -0.15) is 5.10 Å². The lowest BCUT2D eigenvalue weighted by Gasteiger charge is -2.20. The van der Waals surface area contributed by atoms with Crippen molar-refractivity contribution in [3.05, 3.63) is 18.3 Å². The molecule has 0 atom stereocenters. The number of nitrogens with one attached hydrogen (secondary N) is 1. The van der Waals surface area contributed by atoms with E-state index >= 15 is 0 Å². The fraction of sp³-hybridized carbons (Fsp3) is 0.364. The van der Waals surface area contributed by atoms with Crippen molar-refractivity contribution in [2.75, 3.05) is 36.2 Å². The third-order valence-corrected chi connectivity index (χ3v) is 3.72. The number of rotatable bonds is 4. The van der Waals surface area contributed by atoms with Crippen molar-refractivity contribution < 1.29 is 8.42 Å². The molecule has 0 saturated carbocycles. The zero-order chi connectivity index (χ0) is 13.3. The van der Waals surface area contributed by atoms with E-state index in [1.807, 2.05) is 24.1 Å². The number of sulfone groups is 1. The number of anilines is 2. The minimum Gasteiger partial charge on any atom is -0.397 e. The molecule has 98 valence electrons. The molecular weight excluding hydrogens is 252 g/mol. The monoisotopic (exact) mass is 268 g/mol. The fourth-order valence-corrected chi connectivity index (χ4v) is 2.36. The number of hydrogen-bond donors (Lipinski definition) is 2. The van der Waals surface area contributed by atoms with Crippen LogP contribution in [0.5, 0.6) is 0 Å². The summed E-state index contributed by atoms with van der Waals surface area (Å²) >= 11 is 0. The number of nitrogen functional groups attached to an aromatic ring is 1. The molecule has 18 heavy (non-hydrogen) atoms. The minimum absolute atomic E-state index is 0.101. The molecule has 0 radical (unpaired) electrons. The zero-order valence-corrected chi connectivity index (χ0v) is 11.2. The molecule has 0 spiro atoms. The van der Waals surface area contributed by atoms with Crippen LogP contribution in [0.25, 0.3) is 10.9 Å². The van der Waals surface area contributed by atoms with Crippen LogP contribution in [-0.4, -0.2) is 44.2 Å². The Morgan fingerprint density at radius 2 is 2.17 bits per heavy atom. The lowest BCUT2D eigenvalue weighted by Crippen LogP contribution is -2.25. The molecule has 0 saturated heterocycles. The standard InChI is InChI=1S/C11H16N4O2S/c1-15(3-4-18(2,16)17)11-6-10-8(5-9(11)12)7-13-14-10/h5-7H,3-4,12H2,1-2H3,(H,13,14). The van der Waals surface area contributed by atoms with Gasteiger partial charge in [0.2, 0.25) is 0 Å². The van der Waals surface area contributed by atoms with Crippen LogP contribution in [0, 0.1) is 0 Å². The number of H-pyrrole nitrogens is 1. The Kier molecular flexibility index (Phi) is 3.16. The minimum atomic E-state index is -2.97. The first-order chi connectivity index (χ1) is 8.37. The quantitative estimate of drug-likeness (QED) is 0.793. The summed E-state index contributed by atoms with van der Waals surface area (Å²) in [5.41, 5.74) is 8.25. The predicted octanol–water partition coefficient (Wildman–Crippen LogP) is 0.626. The predicted molar refractivity (Wildman–Crippen MR) is 73.5 cm³/mol. The molecule has 2 rings (SSSR count). The third kappa shape index (κ3) is 2.73. The number of benzene rings is 1. The van der Waals surface area contributed by atoms with E-state index in [4.69, 9.17) is 5.73 Å². The first-order valence-electron chi connectivity index (χ1n) is 5.48. The van der Waals surface area contributed by atoms with E-state index in [2.05, 4.69) is 10.2 Å². The zero-order valence-electron chi connectivity index (χ0n) is 10.3. The van der Waals surface area contributed by atoms with Crippen LogP contribution in [0.4, 0.5) is 11.4 Å². The molecule has 0 aliphatic carbocycles. The Morgan fingerprint density at radius 1 is 1.44 bits per heavy atom. The number of fused-ring (bicyclic) bond motifs is 1. The number of nitrogens with two attached hydrogens (primary N) is 1. The summed E-state index contributed by atoms with van der Waals surface area (Å²) in [4.78, 5) is 1.83. The van der Waals surface area contributed by atoms with Gasteiger partial charge in [0.05, 0.1) is 28.8 Å². The van der Waals surface area contributed by atoms with Crippen LogP contribution >= 0.6 is 0 Å². The van der Waals surface area contributed by atoms with Gasteiger partial charge >= 0.3 is 0 Å². The molecule has 0 aliphatic rings. The smallest absolute Gasteiger partial charge is 0.149 e. The normalized spacial score (nSPS) is 11.9. The summed E-state index contributed by atoms with van der Waals surface area (Å²) in [5, 5.41) is 7.73. The van der Waals surface area contributed by atoms with Crippen molar-refractivity contribution in [2.24, 2.45) is 0 Å². The van der Waals surface area contributed by atoms with E-state index in [0.29, 0.717) is 12.2 Å². The van der Waals surface area contributed by atoms with Crippen molar-refractivity contribution in [3.63, 3.8) is 0 Å². The molecule has 3 N–H and O–H groups in total. The highest BCUT2D eigenvalue weighted by molar-refractivity contribution is 7.90. The van der Waals surface area contributed by atoms with E-state index in [-0.39, 0.29) is 5.75 Å². The highest BCUT2D eigenvalue weighted by atomic mass is 32.2. The van der Waals surface area contributed by atoms with Gasteiger partial charge in [0.1, 0.15) is 9.84 Å². The second-order valence-electron chi connectivity index (χ2n) is 4.42. The highest BCUT2D eigenvalue weighted by Gasteiger charge is 2.10. The molecule has 1 aromatic heterocycles. The Labute approximate surface area is 106 Å². The molecule has 0 bridgehead atoms. The SMILES string of the molecule is CN(CCS(C)(=O)=O)c1cc2[nH]ncc2cc1N. The van der Waals surface area contributed by atoms with Crippen molar-refractivity contribution in [1.82, 2.24) is 10.2 Å². The summed E-state index contributed by atoms with van der Waals surface area (Å²) in [6, 6.07) is 3.70. The summed E-state index contributed by atoms with van der Waals surface area (Å²) in [5.74, 6) is 0.101. The van der Waals surface area contributed by atoms with Gasteiger partial charge in [-0.1, -0.05) is 0 Å². The second kappa shape index (κ2) is 4.49. The van der Waals surface area contributed by atoms with E-state index in [9.17, 15) is 8.42 Å². The summed E-state index contributed by atoms with van der Waals surface area (Å²) < 4.78 is 22.3. The molecule has 1 aromatic carbocycles. The average Bonchev–Trinajstić information content (AvgIpc) is 2.70. The van der Waals surface area contributed by atoms with Gasteiger partial charge in [-0.3, -0.25) is 5.10 Å². The van der Waals surface area contributed by atoms with Crippen LogP contribution in [-0.2, 0) is 9.84 Å². The Bertz CT molecular complexity index is 663. The average molecular weight is 268 g/mol. The Hall–Kier alpha value is -1.76. The van der Waals surface area contributed by atoms with Gasteiger partial charge in [-0.15, -0.1) is 0 Å². The number of aromatic amines is 1. The van der Waals surface area contributed by atoms with Gasteiger partial charge in [0.15, 0.2) is 0 Å². The summed E-state index contributed by atoms with van der Waals surface area (Å²) in [7, 11) is -1.16. The molecule has 7 heteroatoms. The maximum atomic E-state index is 11.1. The highest BCUT2D eigenvalue weighted by Crippen LogP contribution is 2.27. The maximum Gasteiger partial charge on any atom is 0.149 e. The Balaban J connectivity index is 2.26. The first kappa shape index (κ1) is 12.7. The largest absolute Gasteiger partial charge is 0.397 e. The van der Waals surface area contributed by atoms with Crippen LogP contribution in [0.3, 0.4) is 0 Å². The maximum absolute atomic E-state index is 11.1.